The Hall–Kier alpha value is -2.04. The van der Waals surface area contributed by atoms with E-state index in [4.69, 9.17) is 18.8 Å². The second kappa shape index (κ2) is 9.41. The largest absolute Gasteiger partial charge is 0.494 e. The lowest BCUT2D eigenvalue weighted by Crippen LogP contribution is -2.50. The van der Waals surface area contributed by atoms with Crippen LogP contribution in [-0.2, 0) is 18.8 Å². The van der Waals surface area contributed by atoms with Crippen molar-refractivity contribution >= 4 is 18.6 Å². The zero-order chi connectivity index (χ0) is 22.6. The number of carbonyl (C=O) groups is 1. The molecule has 1 saturated heterocycles. The molecule has 1 aromatic rings. The lowest BCUT2D eigenvalue weighted by atomic mass is 9.70. The molecule has 1 heterocycles. The molecule has 164 valence electrons. The van der Waals surface area contributed by atoms with Gasteiger partial charge in [0.2, 0.25) is 0 Å². The van der Waals surface area contributed by atoms with Crippen molar-refractivity contribution in [1.82, 2.24) is 0 Å². The van der Waals surface area contributed by atoms with Gasteiger partial charge < -0.3 is 18.8 Å². The van der Waals surface area contributed by atoms with Crippen molar-refractivity contribution in [3.63, 3.8) is 0 Å². The van der Waals surface area contributed by atoms with Crippen LogP contribution in [0.1, 0.15) is 73.3 Å². The van der Waals surface area contributed by atoms with Crippen LogP contribution in [0.5, 0.6) is 5.75 Å². The van der Waals surface area contributed by atoms with E-state index in [1.54, 1.807) is 32.9 Å². The maximum Gasteiger partial charge on any atom is 0.494 e. The van der Waals surface area contributed by atoms with Crippen LogP contribution in [0.4, 0.5) is 0 Å². The number of nitrogens with zero attached hydrogens (tertiary/aromatic N) is 1. The number of hydrogen-bond acceptors (Lipinski definition) is 6. The number of benzene rings is 1. The van der Waals surface area contributed by atoms with Crippen molar-refractivity contribution in [3.8, 4) is 11.8 Å². The van der Waals surface area contributed by atoms with Gasteiger partial charge in [0.15, 0.2) is 6.61 Å². The molecule has 6 nitrogen and oxygen atoms in total. The Balaban J connectivity index is 2.19. The Morgan fingerprint density at radius 3 is 2.57 bits per heavy atom. The summed E-state index contributed by atoms with van der Waals surface area (Å²) >= 11 is 0. The van der Waals surface area contributed by atoms with Crippen molar-refractivity contribution in [1.29, 1.82) is 5.26 Å². The Kier molecular flexibility index (Phi) is 7.60. The number of rotatable bonds is 4. The maximum absolute atomic E-state index is 11.9. The van der Waals surface area contributed by atoms with Gasteiger partial charge in [-0.15, -0.1) is 0 Å². The summed E-state index contributed by atoms with van der Waals surface area (Å²) in [7, 11) is -0.579. The summed E-state index contributed by atoms with van der Waals surface area (Å²) in [6.07, 6.45) is 3.09. The predicted molar refractivity (Wildman–Crippen MR) is 117 cm³/mol. The molecule has 0 radical (unpaired) electrons. The van der Waals surface area contributed by atoms with Crippen LogP contribution in [-0.4, -0.2) is 37.5 Å². The van der Waals surface area contributed by atoms with E-state index >= 15 is 0 Å². The Morgan fingerprint density at radius 1 is 1.23 bits per heavy atom. The van der Waals surface area contributed by atoms with E-state index in [1.165, 1.54) is 0 Å². The van der Waals surface area contributed by atoms with E-state index in [0.717, 1.165) is 24.7 Å². The minimum absolute atomic E-state index is 0.0204. The smallest absolute Gasteiger partial charge is 0.481 e. The topological polar surface area (TPSA) is 77.8 Å². The van der Waals surface area contributed by atoms with Gasteiger partial charge in [-0.05, 0) is 70.5 Å². The summed E-state index contributed by atoms with van der Waals surface area (Å²) in [6, 6.07) is 7.33. The third kappa shape index (κ3) is 6.48. The van der Waals surface area contributed by atoms with Crippen molar-refractivity contribution in [2.24, 2.45) is 5.41 Å². The second-order valence-electron chi connectivity index (χ2n) is 9.91. The summed E-state index contributed by atoms with van der Waals surface area (Å²) < 4.78 is 23.2. The molecule has 7 heteroatoms. The molecule has 0 N–H and O–H groups in total. The summed E-state index contributed by atoms with van der Waals surface area (Å²) in [6.45, 7) is 14.3. The lowest BCUT2D eigenvalue weighted by Gasteiger charge is -2.42. The summed E-state index contributed by atoms with van der Waals surface area (Å²) in [4.78, 5) is 11.9. The third-order valence-corrected chi connectivity index (χ3v) is 5.66. The van der Waals surface area contributed by atoms with E-state index in [2.05, 4.69) is 33.8 Å². The first-order valence-corrected chi connectivity index (χ1v) is 10.5. The molecule has 0 bridgehead atoms. The number of carbonyl (C=O) groups excluding carboxylic acids is 1. The summed E-state index contributed by atoms with van der Waals surface area (Å²) in [5, 5.41) is 9.60. The van der Waals surface area contributed by atoms with Crippen molar-refractivity contribution < 1.29 is 23.6 Å². The van der Waals surface area contributed by atoms with E-state index in [0.29, 0.717) is 17.9 Å². The van der Waals surface area contributed by atoms with Crippen LogP contribution in [0.15, 0.2) is 18.2 Å². The highest BCUT2D eigenvalue weighted by molar-refractivity contribution is 6.61. The van der Waals surface area contributed by atoms with Crippen LogP contribution in [0.3, 0.4) is 0 Å². The molecule has 1 fully saturated rings. The van der Waals surface area contributed by atoms with Gasteiger partial charge in [0.25, 0.3) is 0 Å². The molecule has 0 unspecified atom stereocenters. The van der Waals surface area contributed by atoms with E-state index in [-0.39, 0.29) is 12.0 Å². The number of nitriles is 1. The average molecular weight is 415 g/mol. The molecule has 2 rings (SSSR count). The van der Waals surface area contributed by atoms with Crippen LogP contribution in [0.2, 0.25) is 0 Å². The van der Waals surface area contributed by atoms with Gasteiger partial charge in [0.05, 0.1) is 11.2 Å². The molecular formula is C23H34BNO5. The lowest BCUT2D eigenvalue weighted by molar-refractivity contribution is -0.157. The molecule has 1 aliphatic heterocycles. The van der Waals surface area contributed by atoms with Gasteiger partial charge in [-0.1, -0.05) is 26.3 Å². The van der Waals surface area contributed by atoms with Gasteiger partial charge in [-0.2, -0.15) is 5.26 Å². The first-order chi connectivity index (χ1) is 13.8. The summed E-state index contributed by atoms with van der Waals surface area (Å²) in [5.74, 6) is -0.155. The van der Waals surface area contributed by atoms with Gasteiger partial charge >= 0.3 is 13.1 Å². The number of esters is 1. The van der Waals surface area contributed by atoms with Gasteiger partial charge in [-0.25, -0.2) is 4.79 Å². The Bertz CT molecular complexity index is 792. The SMILES string of the molecule is CC(C)(C)OC(=O)COc1ccc(B2OCCCCC(C)(C)C(C)(C)O2)cc1C#N. The minimum Gasteiger partial charge on any atom is -0.481 e. The molecule has 0 amide bonds. The highest BCUT2D eigenvalue weighted by atomic mass is 16.6. The second-order valence-corrected chi connectivity index (χ2v) is 9.91. The molecule has 0 atom stereocenters. The molecule has 1 aromatic carbocycles. The van der Waals surface area contributed by atoms with E-state index in [1.807, 2.05) is 6.07 Å². The standard InChI is InChI=1S/C23H34BNO5/c1-21(2,3)29-20(26)16-27-19-11-10-18(14-17(19)15-25)24-28-13-9-8-12-22(4,5)23(6,7)30-24/h10-11,14H,8-9,12-13,16H2,1-7H3. The zero-order valence-corrected chi connectivity index (χ0v) is 19.3. The van der Waals surface area contributed by atoms with E-state index in [9.17, 15) is 10.1 Å². The van der Waals surface area contributed by atoms with Crippen LogP contribution < -0.4 is 10.2 Å². The molecular weight excluding hydrogens is 381 g/mol. The van der Waals surface area contributed by atoms with Crippen molar-refractivity contribution in [3.05, 3.63) is 23.8 Å². The van der Waals surface area contributed by atoms with Gasteiger partial charge in [-0.3, -0.25) is 0 Å². The fraction of sp³-hybridized carbons (Fsp3) is 0.652. The van der Waals surface area contributed by atoms with Crippen LogP contribution in [0, 0.1) is 16.7 Å². The molecule has 0 aromatic heterocycles. The van der Waals surface area contributed by atoms with Crippen LogP contribution in [0.25, 0.3) is 0 Å². The molecule has 1 aliphatic rings. The number of ether oxygens (including phenoxy) is 2. The minimum atomic E-state index is -0.589. The van der Waals surface area contributed by atoms with Gasteiger partial charge in [0.1, 0.15) is 17.4 Å². The highest BCUT2D eigenvalue weighted by Gasteiger charge is 2.42. The normalized spacial score (nSPS) is 19.1. The van der Waals surface area contributed by atoms with E-state index < -0.39 is 24.3 Å². The monoisotopic (exact) mass is 415 g/mol. The Morgan fingerprint density at radius 2 is 1.93 bits per heavy atom. The fourth-order valence-corrected chi connectivity index (χ4v) is 3.20. The summed E-state index contributed by atoms with van der Waals surface area (Å²) in [5.41, 5.74) is 0.0463. The molecule has 0 spiro atoms. The first kappa shape index (κ1) is 24.2. The van der Waals surface area contributed by atoms with Crippen LogP contribution >= 0.6 is 0 Å². The number of hydrogen-bond donors (Lipinski definition) is 0. The fourth-order valence-electron chi connectivity index (χ4n) is 3.20. The zero-order valence-electron chi connectivity index (χ0n) is 19.3. The molecule has 0 aliphatic carbocycles. The third-order valence-electron chi connectivity index (χ3n) is 5.66. The highest BCUT2D eigenvalue weighted by Crippen LogP contribution is 2.39. The first-order valence-electron chi connectivity index (χ1n) is 10.5. The predicted octanol–water partition coefficient (Wildman–Crippen LogP) is 4.00. The van der Waals surface area contributed by atoms with Crippen molar-refractivity contribution in [2.45, 2.75) is 78.9 Å². The quantitative estimate of drug-likeness (QED) is 0.547. The Labute approximate surface area is 181 Å². The maximum atomic E-state index is 11.9. The molecule has 30 heavy (non-hydrogen) atoms. The molecule has 0 saturated carbocycles. The average Bonchev–Trinajstić information content (AvgIpc) is 2.67. The van der Waals surface area contributed by atoms with Crippen molar-refractivity contribution in [2.75, 3.05) is 13.2 Å². The van der Waals surface area contributed by atoms with Gasteiger partial charge in [0, 0.05) is 6.61 Å².